The second-order valence-corrected chi connectivity index (χ2v) is 10.6. The molecule has 5 nitrogen and oxygen atoms in total. The zero-order valence-electron chi connectivity index (χ0n) is 21.2. The summed E-state index contributed by atoms with van der Waals surface area (Å²) in [5, 5.41) is 10.2. The molecule has 0 bridgehead atoms. The molecule has 2 rings (SSSR count). The molecule has 0 saturated carbocycles. The van der Waals surface area contributed by atoms with E-state index in [9.17, 15) is 10.1 Å². The Morgan fingerprint density at radius 3 is 2.35 bits per heavy atom. The molecule has 2 aromatic carbocycles. The fourth-order valence-electron chi connectivity index (χ4n) is 4.12. The third-order valence-corrected chi connectivity index (χ3v) is 7.16. The first-order chi connectivity index (χ1) is 16.1. The van der Waals surface area contributed by atoms with Gasteiger partial charge in [0.2, 0.25) is 0 Å². The van der Waals surface area contributed by atoms with Crippen LogP contribution in [0.4, 0.5) is 0 Å². The van der Waals surface area contributed by atoms with Crippen molar-refractivity contribution in [3.63, 3.8) is 0 Å². The Kier molecular flexibility index (Phi) is 10.8. The average molecular weight is 577 g/mol. The molecule has 0 saturated heterocycles. The summed E-state index contributed by atoms with van der Waals surface area (Å²) in [5.41, 5.74) is 2.14. The molecule has 184 valence electrons. The van der Waals surface area contributed by atoms with Gasteiger partial charge in [0.1, 0.15) is 5.75 Å². The number of hydrogen-bond acceptors (Lipinski definition) is 5. The maximum Gasteiger partial charge on any atom is 0.338 e. The van der Waals surface area contributed by atoms with Crippen LogP contribution in [0.15, 0.2) is 42.5 Å². The van der Waals surface area contributed by atoms with Crippen molar-refractivity contribution in [2.24, 2.45) is 5.92 Å². The predicted molar refractivity (Wildman–Crippen MR) is 145 cm³/mol. The molecule has 0 heterocycles. The lowest BCUT2D eigenvalue weighted by Gasteiger charge is -2.32. The number of rotatable bonds is 12. The second kappa shape index (κ2) is 13.1. The molecule has 34 heavy (non-hydrogen) atoms. The van der Waals surface area contributed by atoms with Gasteiger partial charge in [-0.2, -0.15) is 5.26 Å². The molecule has 6 heteroatoms. The lowest BCUT2D eigenvalue weighted by Crippen LogP contribution is -2.32. The van der Waals surface area contributed by atoms with E-state index in [1.807, 2.05) is 26.0 Å². The molecule has 0 radical (unpaired) electrons. The predicted octanol–water partition coefficient (Wildman–Crippen LogP) is 6.24. The van der Waals surface area contributed by atoms with Crippen LogP contribution in [0.3, 0.4) is 0 Å². The standard InChI is InChI=1S/C28H37IN2O3/c1-20(2)28(19-30,24-11-9-23(10-12-24)27(32)34-21(3)4)15-7-16-31(5)17-14-22-8-13-25(29)26(18-22)33-6/h8-13,18,20-21H,7,14-17H2,1-6H3. The molecule has 0 spiro atoms. The number of likely N-dealkylation sites (N-methyl/N-ethyl adjacent to an activating group) is 1. The van der Waals surface area contributed by atoms with Crippen molar-refractivity contribution < 1.29 is 14.3 Å². The number of benzene rings is 2. The zero-order chi connectivity index (χ0) is 25.3. The van der Waals surface area contributed by atoms with Gasteiger partial charge in [0.15, 0.2) is 0 Å². The van der Waals surface area contributed by atoms with Crippen LogP contribution < -0.4 is 4.74 Å². The van der Waals surface area contributed by atoms with Crippen LogP contribution in [0.5, 0.6) is 5.75 Å². The van der Waals surface area contributed by atoms with E-state index in [1.54, 1.807) is 19.2 Å². The molecular weight excluding hydrogens is 539 g/mol. The van der Waals surface area contributed by atoms with E-state index >= 15 is 0 Å². The number of methoxy groups -OCH3 is 1. The van der Waals surface area contributed by atoms with Gasteiger partial charge in [-0.25, -0.2) is 4.79 Å². The largest absolute Gasteiger partial charge is 0.496 e. The number of nitrogens with zero attached hydrogens (tertiary/aromatic N) is 2. The van der Waals surface area contributed by atoms with Gasteiger partial charge < -0.3 is 14.4 Å². The summed E-state index contributed by atoms with van der Waals surface area (Å²) in [6.07, 6.45) is 2.46. The highest BCUT2D eigenvalue weighted by Crippen LogP contribution is 2.36. The molecular formula is C28H37IN2O3. The fraction of sp³-hybridized carbons (Fsp3) is 0.500. The smallest absolute Gasteiger partial charge is 0.338 e. The van der Waals surface area contributed by atoms with Gasteiger partial charge in [0.05, 0.1) is 33.8 Å². The lowest BCUT2D eigenvalue weighted by atomic mass is 9.69. The number of nitriles is 1. The van der Waals surface area contributed by atoms with Crippen LogP contribution >= 0.6 is 22.6 Å². The number of ether oxygens (including phenoxy) is 2. The molecule has 1 unspecified atom stereocenters. The molecule has 1 atom stereocenters. The van der Waals surface area contributed by atoms with Gasteiger partial charge in [0.25, 0.3) is 0 Å². The van der Waals surface area contributed by atoms with Gasteiger partial charge in [-0.1, -0.05) is 32.0 Å². The summed E-state index contributed by atoms with van der Waals surface area (Å²) in [4.78, 5) is 14.5. The SMILES string of the molecule is COc1cc(CCN(C)CCCC(C#N)(c2ccc(C(=O)OC(C)C)cc2)C(C)C)ccc1I. The van der Waals surface area contributed by atoms with Crippen molar-refractivity contribution in [2.45, 2.75) is 58.5 Å². The highest BCUT2D eigenvalue weighted by atomic mass is 127. The minimum atomic E-state index is -0.592. The normalized spacial score (nSPS) is 13.1. The minimum absolute atomic E-state index is 0.149. The number of carbonyl (C=O) groups excluding carboxylic acids is 1. The third kappa shape index (κ3) is 7.44. The van der Waals surface area contributed by atoms with E-state index in [4.69, 9.17) is 9.47 Å². The van der Waals surface area contributed by atoms with Crippen molar-refractivity contribution in [1.82, 2.24) is 4.90 Å². The van der Waals surface area contributed by atoms with E-state index in [1.165, 1.54) is 5.56 Å². The van der Waals surface area contributed by atoms with Crippen LogP contribution in [-0.4, -0.2) is 44.2 Å². The molecule has 0 aliphatic rings. The van der Waals surface area contributed by atoms with Crippen molar-refractivity contribution in [1.29, 1.82) is 5.26 Å². The van der Waals surface area contributed by atoms with Crippen molar-refractivity contribution in [2.75, 3.05) is 27.2 Å². The monoisotopic (exact) mass is 576 g/mol. The minimum Gasteiger partial charge on any atom is -0.496 e. The van der Waals surface area contributed by atoms with Gasteiger partial charge in [-0.05, 0) is 111 Å². The molecule has 0 fully saturated rings. The number of esters is 1. The Morgan fingerprint density at radius 1 is 1.12 bits per heavy atom. The number of halogens is 1. The molecule has 0 N–H and O–H groups in total. The topological polar surface area (TPSA) is 62.6 Å². The summed E-state index contributed by atoms with van der Waals surface area (Å²) in [7, 11) is 3.83. The van der Waals surface area contributed by atoms with Gasteiger partial charge >= 0.3 is 5.97 Å². The van der Waals surface area contributed by atoms with E-state index in [0.29, 0.717) is 5.56 Å². The zero-order valence-corrected chi connectivity index (χ0v) is 23.4. The number of hydrogen-bond donors (Lipinski definition) is 0. The van der Waals surface area contributed by atoms with Crippen LogP contribution in [-0.2, 0) is 16.6 Å². The molecule has 2 aromatic rings. The third-order valence-electron chi connectivity index (χ3n) is 6.27. The van der Waals surface area contributed by atoms with Crippen molar-refractivity contribution in [3.05, 3.63) is 62.7 Å². The van der Waals surface area contributed by atoms with Crippen LogP contribution in [0.25, 0.3) is 0 Å². The first-order valence-electron chi connectivity index (χ1n) is 11.9. The molecule has 0 aromatic heterocycles. The Labute approximate surface area is 218 Å². The second-order valence-electron chi connectivity index (χ2n) is 9.39. The van der Waals surface area contributed by atoms with E-state index in [-0.39, 0.29) is 18.0 Å². The van der Waals surface area contributed by atoms with Crippen molar-refractivity contribution in [3.8, 4) is 11.8 Å². The molecule has 0 amide bonds. The van der Waals surface area contributed by atoms with E-state index < -0.39 is 5.41 Å². The first-order valence-corrected chi connectivity index (χ1v) is 12.9. The van der Waals surface area contributed by atoms with Gasteiger partial charge in [-0.15, -0.1) is 0 Å². The Bertz CT molecular complexity index is 982. The maximum absolute atomic E-state index is 12.2. The highest BCUT2D eigenvalue weighted by molar-refractivity contribution is 14.1. The quantitative estimate of drug-likeness (QED) is 0.221. The summed E-state index contributed by atoms with van der Waals surface area (Å²) in [6, 6.07) is 16.3. The summed E-state index contributed by atoms with van der Waals surface area (Å²) < 4.78 is 11.8. The average Bonchev–Trinajstić information content (AvgIpc) is 2.81. The summed E-state index contributed by atoms with van der Waals surface area (Å²) in [6.45, 7) is 9.71. The van der Waals surface area contributed by atoms with Crippen LogP contribution in [0.2, 0.25) is 0 Å². The van der Waals surface area contributed by atoms with Crippen LogP contribution in [0.1, 0.15) is 62.0 Å². The van der Waals surface area contributed by atoms with E-state index in [0.717, 1.165) is 47.2 Å². The Morgan fingerprint density at radius 2 is 1.79 bits per heavy atom. The fourth-order valence-corrected chi connectivity index (χ4v) is 4.68. The Balaban J connectivity index is 1.99. The highest BCUT2D eigenvalue weighted by Gasteiger charge is 2.35. The van der Waals surface area contributed by atoms with Crippen LogP contribution in [0, 0.1) is 20.8 Å². The van der Waals surface area contributed by atoms with Gasteiger partial charge in [-0.3, -0.25) is 0 Å². The first kappa shape index (κ1) is 28.1. The van der Waals surface area contributed by atoms with E-state index in [2.05, 4.69) is 72.7 Å². The van der Waals surface area contributed by atoms with Gasteiger partial charge in [0, 0.05) is 6.54 Å². The summed E-state index contributed by atoms with van der Waals surface area (Å²) >= 11 is 2.28. The molecule has 0 aliphatic carbocycles. The lowest BCUT2D eigenvalue weighted by molar-refractivity contribution is 0.0378. The maximum atomic E-state index is 12.2. The van der Waals surface area contributed by atoms with Crippen molar-refractivity contribution >= 4 is 28.6 Å². The number of carbonyl (C=O) groups is 1. The Hall–Kier alpha value is -2.11. The molecule has 0 aliphatic heterocycles. The summed E-state index contributed by atoms with van der Waals surface area (Å²) in [5.74, 6) is 0.733.